The first-order chi connectivity index (χ1) is 13.9. The molecule has 0 aliphatic rings. The Kier molecular flexibility index (Phi) is 3.02. The molecule has 0 aliphatic carbocycles. The van der Waals surface area contributed by atoms with Crippen molar-refractivity contribution in [3.8, 4) is 0 Å². The van der Waals surface area contributed by atoms with E-state index in [1.165, 1.54) is 49.4 Å². The Hall–Kier alpha value is -3.20. The van der Waals surface area contributed by atoms with Gasteiger partial charge in [-0.2, -0.15) is 0 Å². The highest BCUT2D eigenvalue weighted by atomic mass is 19.1. The van der Waals surface area contributed by atoms with Crippen molar-refractivity contribution in [2.75, 3.05) is 0 Å². The van der Waals surface area contributed by atoms with Gasteiger partial charge in [0.05, 0.1) is 27.3 Å². The lowest BCUT2D eigenvalue weighted by atomic mass is 9.95. The van der Waals surface area contributed by atoms with Crippen LogP contribution in [0.1, 0.15) is 22.3 Å². The van der Waals surface area contributed by atoms with E-state index in [4.69, 9.17) is 0 Å². The molecule has 0 unspecified atom stereocenters. The zero-order valence-corrected chi connectivity index (χ0v) is 17.3. The molecule has 3 heteroatoms. The van der Waals surface area contributed by atoms with Crippen LogP contribution in [0.15, 0.2) is 42.6 Å². The monoisotopic (exact) mass is 381 g/mol. The second-order valence-corrected chi connectivity index (χ2v) is 8.49. The molecule has 0 aliphatic heterocycles. The first kappa shape index (κ1) is 16.7. The molecule has 0 fully saturated rings. The molecule has 2 nitrogen and oxygen atoms in total. The topological polar surface area (TPSA) is 8.29 Å². The van der Waals surface area contributed by atoms with Crippen molar-refractivity contribution < 1.29 is 8.96 Å². The molecular weight excluding hydrogens is 359 g/mol. The van der Waals surface area contributed by atoms with Gasteiger partial charge in [0.15, 0.2) is 6.20 Å². The average Bonchev–Trinajstić information content (AvgIpc) is 3.01. The Morgan fingerprint density at radius 1 is 0.793 bits per heavy atom. The zero-order chi connectivity index (χ0) is 20.2. The van der Waals surface area contributed by atoms with Gasteiger partial charge < -0.3 is 4.40 Å². The Morgan fingerprint density at radius 2 is 1.55 bits per heavy atom. The van der Waals surface area contributed by atoms with Crippen LogP contribution in [-0.2, 0) is 7.05 Å². The third-order valence-corrected chi connectivity index (χ3v) is 6.92. The van der Waals surface area contributed by atoms with Gasteiger partial charge in [0, 0.05) is 16.8 Å². The van der Waals surface area contributed by atoms with Crippen molar-refractivity contribution in [3.63, 3.8) is 0 Å². The minimum atomic E-state index is -0.196. The van der Waals surface area contributed by atoms with Crippen LogP contribution in [-0.4, -0.2) is 4.40 Å². The van der Waals surface area contributed by atoms with Crippen molar-refractivity contribution in [2.24, 2.45) is 7.05 Å². The number of aryl methyl sites for hydroxylation is 5. The van der Waals surface area contributed by atoms with E-state index in [9.17, 15) is 4.39 Å². The van der Waals surface area contributed by atoms with Crippen molar-refractivity contribution >= 4 is 49.0 Å². The highest BCUT2D eigenvalue weighted by molar-refractivity contribution is 6.26. The fourth-order valence-electron chi connectivity index (χ4n) is 5.24. The second kappa shape index (κ2) is 5.24. The number of nitrogens with zero attached hydrogens (tertiary/aromatic N) is 2. The number of hydrogen-bond acceptors (Lipinski definition) is 0. The lowest BCUT2D eigenvalue weighted by molar-refractivity contribution is -0.643. The molecule has 0 radical (unpaired) electrons. The Balaban J connectivity index is 2.16. The van der Waals surface area contributed by atoms with Gasteiger partial charge in [0.2, 0.25) is 5.52 Å². The van der Waals surface area contributed by atoms with Crippen molar-refractivity contribution in [2.45, 2.75) is 27.7 Å². The van der Waals surface area contributed by atoms with E-state index in [-0.39, 0.29) is 5.82 Å². The van der Waals surface area contributed by atoms with Crippen LogP contribution in [0.2, 0.25) is 0 Å². The van der Waals surface area contributed by atoms with Gasteiger partial charge in [-0.25, -0.2) is 8.96 Å². The van der Waals surface area contributed by atoms with E-state index < -0.39 is 0 Å². The number of fused-ring (bicyclic) bond motifs is 5. The van der Waals surface area contributed by atoms with Crippen molar-refractivity contribution in [1.82, 2.24) is 4.40 Å². The number of pyridine rings is 2. The zero-order valence-electron chi connectivity index (χ0n) is 17.3. The lowest BCUT2D eigenvalue weighted by Gasteiger charge is -2.14. The highest BCUT2D eigenvalue weighted by Crippen LogP contribution is 2.42. The van der Waals surface area contributed by atoms with Gasteiger partial charge in [-0.15, -0.1) is 0 Å². The van der Waals surface area contributed by atoms with Gasteiger partial charge >= 0.3 is 0 Å². The molecular formula is C26H22FN2+. The molecule has 142 valence electrons. The van der Waals surface area contributed by atoms with Gasteiger partial charge in [-0.3, -0.25) is 0 Å². The molecule has 0 bridgehead atoms. The maximum atomic E-state index is 14.7. The summed E-state index contributed by atoms with van der Waals surface area (Å²) in [4.78, 5) is 0. The summed E-state index contributed by atoms with van der Waals surface area (Å²) in [6.45, 7) is 8.76. The summed E-state index contributed by atoms with van der Waals surface area (Å²) < 4.78 is 19.1. The Bertz CT molecular complexity index is 1650. The molecule has 0 spiro atoms. The molecule has 0 saturated heterocycles. The molecule has 6 aromatic rings. The van der Waals surface area contributed by atoms with Crippen LogP contribution < -0.4 is 4.57 Å². The van der Waals surface area contributed by atoms with Crippen LogP contribution in [0, 0.1) is 33.5 Å². The first-order valence-corrected chi connectivity index (χ1v) is 10.1. The van der Waals surface area contributed by atoms with Crippen LogP contribution in [0.25, 0.3) is 49.0 Å². The Morgan fingerprint density at radius 3 is 2.34 bits per heavy atom. The van der Waals surface area contributed by atoms with Crippen LogP contribution in [0.4, 0.5) is 4.39 Å². The molecule has 6 rings (SSSR count). The summed E-state index contributed by atoms with van der Waals surface area (Å²) in [6, 6.07) is 12.0. The summed E-state index contributed by atoms with van der Waals surface area (Å²) in [6.07, 6.45) is 2.04. The smallest absolute Gasteiger partial charge is 0.224 e. The van der Waals surface area contributed by atoms with Crippen LogP contribution in [0.5, 0.6) is 0 Å². The lowest BCUT2D eigenvalue weighted by Crippen LogP contribution is -2.29. The summed E-state index contributed by atoms with van der Waals surface area (Å²) >= 11 is 0. The maximum Gasteiger partial charge on any atom is 0.224 e. The standard InChI is InChI=1S/C26H22FN2/c1-13-6-7-20-22(15(13)3)19-10-14(2)16(4)23-25(19)29(20)21-12-18(27)11-17-8-9-28(5)26(23)24(17)21/h6-12H,1-5H3/q+1. The number of aromatic nitrogens is 2. The van der Waals surface area contributed by atoms with Gasteiger partial charge in [0.25, 0.3) is 0 Å². The number of rotatable bonds is 0. The highest BCUT2D eigenvalue weighted by Gasteiger charge is 2.25. The Labute approximate surface area is 168 Å². The molecule has 3 aromatic heterocycles. The summed E-state index contributed by atoms with van der Waals surface area (Å²) in [7, 11) is 2.09. The van der Waals surface area contributed by atoms with Crippen molar-refractivity contribution in [3.05, 3.63) is 70.7 Å². The molecule has 3 aromatic carbocycles. The SMILES string of the molecule is Cc1ccc2c(c1C)c1cc(C)c(C)c3c1n2c1cc(F)cc2cc[n+](C)c3c21. The third-order valence-electron chi connectivity index (χ3n) is 6.92. The fraction of sp³-hybridized carbons (Fsp3) is 0.192. The third kappa shape index (κ3) is 1.88. The van der Waals surface area contributed by atoms with E-state index in [0.717, 1.165) is 21.8 Å². The number of benzene rings is 3. The van der Waals surface area contributed by atoms with E-state index in [2.05, 4.69) is 61.9 Å². The maximum absolute atomic E-state index is 14.7. The van der Waals surface area contributed by atoms with E-state index in [1.54, 1.807) is 12.1 Å². The molecule has 0 atom stereocenters. The minimum absolute atomic E-state index is 0.196. The quantitative estimate of drug-likeness (QED) is 0.168. The second-order valence-electron chi connectivity index (χ2n) is 8.49. The summed E-state index contributed by atoms with van der Waals surface area (Å²) in [5.41, 5.74) is 9.60. The van der Waals surface area contributed by atoms with E-state index in [0.29, 0.717) is 0 Å². The van der Waals surface area contributed by atoms with Gasteiger partial charge in [-0.05, 0) is 79.6 Å². The molecule has 0 amide bonds. The number of halogens is 1. The summed E-state index contributed by atoms with van der Waals surface area (Å²) in [5, 5.41) is 5.86. The predicted molar refractivity (Wildman–Crippen MR) is 119 cm³/mol. The molecule has 0 N–H and O–H groups in total. The van der Waals surface area contributed by atoms with Crippen molar-refractivity contribution in [1.29, 1.82) is 0 Å². The molecule has 3 heterocycles. The summed E-state index contributed by atoms with van der Waals surface area (Å²) in [5.74, 6) is -0.196. The largest absolute Gasteiger partial charge is 0.307 e. The predicted octanol–water partition coefficient (Wildman–Crippen LogP) is 6.19. The van der Waals surface area contributed by atoms with Gasteiger partial charge in [-0.1, -0.05) is 6.07 Å². The van der Waals surface area contributed by atoms with Crippen LogP contribution in [0.3, 0.4) is 0 Å². The fourth-order valence-corrected chi connectivity index (χ4v) is 5.24. The van der Waals surface area contributed by atoms with Gasteiger partial charge in [0.1, 0.15) is 12.9 Å². The van der Waals surface area contributed by atoms with E-state index >= 15 is 0 Å². The molecule has 0 saturated carbocycles. The minimum Gasteiger partial charge on any atom is -0.307 e. The van der Waals surface area contributed by atoms with Crippen LogP contribution >= 0.6 is 0 Å². The first-order valence-electron chi connectivity index (χ1n) is 10.1. The number of hydrogen-bond donors (Lipinski definition) is 0. The normalized spacial score (nSPS) is 12.5. The molecule has 29 heavy (non-hydrogen) atoms. The van der Waals surface area contributed by atoms with E-state index in [1.807, 2.05) is 12.3 Å². The average molecular weight is 381 g/mol.